The van der Waals surface area contributed by atoms with E-state index in [2.05, 4.69) is 29.6 Å². The quantitative estimate of drug-likeness (QED) is 0.714. The van der Waals surface area contributed by atoms with Gasteiger partial charge in [-0.05, 0) is 48.6 Å². The van der Waals surface area contributed by atoms with Gasteiger partial charge < -0.3 is 11.1 Å². The molecule has 0 amide bonds. The minimum absolute atomic E-state index is 0.267. The molecule has 2 nitrogen and oxygen atoms in total. The smallest absolute Gasteiger partial charge is 0.0359 e. The summed E-state index contributed by atoms with van der Waals surface area (Å²) in [5.41, 5.74) is 9.85. The van der Waals surface area contributed by atoms with E-state index >= 15 is 0 Å². The third kappa shape index (κ3) is 1.34. The lowest BCUT2D eigenvalue weighted by Gasteiger charge is -2.41. The van der Waals surface area contributed by atoms with Crippen LogP contribution in [0.25, 0.3) is 0 Å². The number of hydrogen-bond acceptors (Lipinski definition) is 2. The van der Waals surface area contributed by atoms with Gasteiger partial charge in [0.05, 0.1) is 0 Å². The van der Waals surface area contributed by atoms with Crippen LogP contribution in [0.4, 0.5) is 0 Å². The minimum atomic E-state index is 0.267. The number of rotatable bonds is 0. The standard InChI is InChI=1S/C15H20N2/c16-14-13-4-2-1-3-10(13)7-15(14)8-11-5-6-12(9-15)17-11/h1-4,11-12,14,17H,5-9,16H2/t11-,12?,14+,15?/m0/s1. The second-order valence-corrected chi connectivity index (χ2v) is 6.26. The average molecular weight is 228 g/mol. The van der Waals surface area contributed by atoms with Gasteiger partial charge in [-0.1, -0.05) is 24.3 Å². The first kappa shape index (κ1) is 10.1. The van der Waals surface area contributed by atoms with Gasteiger partial charge in [-0.15, -0.1) is 0 Å². The number of benzene rings is 1. The van der Waals surface area contributed by atoms with Crippen molar-refractivity contribution >= 4 is 0 Å². The van der Waals surface area contributed by atoms with Crippen LogP contribution in [0.3, 0.4) is 0 Å². The molecule has 1 spiro atoms. The zero-order chi connectivity index (χ0) is 11.5. The summed E-state index contributed by atoms with van der Waals surface area (Å²) in [5, 5.41) is 3.73. The number of fused-ring (bicyclic) bond motifs is 3. The van der Waals surface area contributed by atoms with Crippen molar-refractivity contribution in [1.29, 1.82) is 0 Å². The van der Waals surface area contributed by atoms with E-state index in [9.17, 15) is 0 Å². The summed E-state index contributed by atoms with van der Waals surface area (Å²) in [5.74, 6) is 0. The summed E-state index contributed by atoms with van der Waals surface area (Å²) < 4.78 is 0. The molecule has 1 aliphatic carbocycles. The maximum Gasteiger partial charge on any atom is 0.0359 e. The van der Waals surface area contributed by atoms with Gasteiger partial charge in [0.2, 0.25) is 0 Å². The highest BCUT2D eigenvalue weighted by Gasteiger charge is 2.50. The molecule has 3 aliphatic rings. The molecule has 0 radical (unpaired) electrons. The van der Waals surface area contributed by atoms with E-state index < -0.39 is 0 Å². The molecule has 4 atom stereocenters. The summed E-state index contributed by atoms with van der Waals surface area (Å²) in [6.07, 6.45) is 6.47. The summed E-state index contributed by atoms with van der Waals surface area (Å²) in [4.78, 5) is 0. The monoisotopic (exact) mass is 228 g/mol. The van der Waals surface area contributed by atoms with Gasteiger partial charge >= 0.3 is 0 Å². The summed E-state index contributed by atoms with van der Waals surface area (Å²) >= 11 is 0. The highest BCUT2D eigenvalue weighted by molar-refractivity contribution is 5.38. The van der Waals surface area contributed by atoms with Crippen LogP contribution in [-0.2, 0) is 6.42 Å². The molecule has 2 aliphatic heterocycles. The Hall–Kier alpha value is -0.860. The van der Waals surface area contributed by atoms with E-state index in [1.54, 1.807) is 0 Å². The molecule has 17 heavy (non-hydrogen) atoms. The molecule has 1 aromatic carbocycles. The Balaban J connectivity index is 1.73. The molecule has 90 valence electrons. The fourth-order valence-corrected chi connectivity index (χ4v) is 4.51. The van der Waals surface area contributed by atoms with Gasteiger partial charge in [-0.3, -0.25) is 0 Å². The maximum atomic E-state index is 6.58. The lowest BCUT2D eigenvalue weighted by Crippen LogP contribution is -2.47. The number of nitrogens with two attached hydrogens (primary N) is 1. The largest absolute Gasteiger partial charge is 0.323 e. The fourth-order valence-electron chi connectivity index (χ4n) is 4.51. The van der Waals surface area contributed by atoms with Crippen molar-refractivity contribution in [1.82, 2.24) is 5.32 Å². The third-order valence-corrected chi connectivity index (χ3v) is 5.23. The Morgan fingerprint density at radius 1 is 1.12 bits per heavy atom. The summed E-state index contributed by atoms with van der Waals surface area (Å²) in [7, 11) is 0. The molecule has 2 unspecified atom stereocenters. The molecule has 0 saturated carbocycles. The van der Waals surface area contributed by atoms with Gasteiger partial charge in [0.1, 0.15) is 0 Å². The number of nitrogens with one attached hydrogen (secondary N) is 1. The first-order chi connectivity index (χ1) is 8.27. The second-order valence-electron chi connectivity index (χ2n) is 6.26. The summed E-state index contributed by atoms with van der Waals surface area (Å²) in [6, 6.07) is 10.5. The van der Waals surface area contributed by atoms with E-state index in [0.29, 0.717) is 5.41 Å². The Kier molecular flexibility index (Phi) is 1.98. The van der Waals surface area contributed by atoms with Crippen LogP contribution in [0.2, 0.25) is 0 Å². The number of piperidine rings is 1. The van der Waals surface area contributed by atoms with E-state index in [4.69, 9.17) is 5.73 Å². The van der Waals surface area contributed by atoms with Crippen molar-refractivity contribution in [3.8, 4) is 0 Å². The molecule has 2 bridgehead atoms. The molecule has 4 rings (SSSR count). The molecular formula is C15H20N2. The lowest BCUT2D eigenvalue weighted by molar-refractivity contribution is 0.136. The summed E-state index contributed by atoms with van der Waals surface area (Å²) in [6.45, 7) is 0. The Labute approximate surface area is 103 Å². The van der Waals surface area contributed by atoms with Crippen molar-refractivity contribution in [3.63, 3.8) is 0 Å². The van der Waals surface area contributed by atoms with Crippen LogP contribution < -0.4 is 11.1 Å². The zero-order valence-corrected chi connectivity index (χ0v) is 10.2. The van der Waals surface area contributed by atoms with Crippen LogP contribution >= 0.6 is 0 Å². The van der Waals surface area contributed by atoms with Crippen LogP contribution in [0.15, 0.2) is 24.3 Å². The molecule has 2 fully saturated rings. The number of hydrogen-bond donors (Lipinski definition) is 2. The lowest BCUT2D eigenvalue weighted by atomic mass is 9.71. The zero-order valence-electron chi connectivity index (χ0n) is 10.2. The molecular weight excluding hydrogens is 208 g/mol. The third-order valence-electron chi connectivity index (χ3n) is 5.23. The van der Waals surface area contributed by atoms with Gasteiger partial charge in [-0.25, -0.2) is 0 Å². The fraction of sp³-hybridized carbons (Fsp3) is 0.600. The molecule has 3 N–H and O–H groups in total. The SMILES string of the molecule is N[C@@H]1c2ccccc2CC12CC1CC[C@@H](C2)N1. The topological polar surface area (TPSA) is 38.0 Å². The van der Waals surface area contributed by atoms with Crippen LogP contribution in [-0.4, -0.2) is 12.1 Å². The van der Waals surface area contributed by atoms with Crippen molar-refractivity contribution in [2.45, 2.75) is 50.2 Å². The van der Waals surface area contributed by atoms with E-state index in [-0.39, 0.29) is 6.04 Å². The van der Waals surface area contributed by atoms with Crippen molar-refractivity contribution < 1.29 is 0 Å². The maximum absolute atomic E-state index is 6.58. The van der Waals surface area contributed by atoms with Crippen molar-refractivity contribution in [3.05, 3.63) is 35.4 Å². The predicted octanol–water partition coefficient (Wildman–Crippen LogP) is 2.14. The normalized spacial score (nSPS) is 43.0. The van der Waals surface area contributed by atoms with Crippen molar-refractivity contribution in [2.24, 2.45) is 11.1 Å². The van der Waals surface area contributed by atoms with E-state index in [1.165, 1.54) is 43.2 Å². The van der Waals surface area contributed by atoms with Crippen LogP contribution in [0, 0.1) is 5.41 Å². The highest BCUT2D eigenvalue weighted by atomic mass is 15.0. The van der Waals surface area contributed by atoms with Crippen molar-refractivity contribution in [2.75, 3.05) is 0 Å². The molecule has 0 aromatic heterocycles. The Morgan fingerprint density at radius 3 is 2.53 bits per heavy atom. The van der Waals surface area contributed by atoms with Crippen LogP contribution in [0.5, 0.6) is 0 Å². The Bertz CT molecular complexity index is 442. The minimum Gasteiger partial charge on any atom is -0.323 e. The van der Waals surface area contributed by atoms with Gasteiger partial charge in [-0.2, -0.15) is 0 Å². The molecule has 1 aromatic rings. The predicted molar refractivity (Wildman–Crippen MR) is 68.7 cm³/mol. The molecule has 2 saturated heterocycles. The highest BCUT2D eigenvalue weighted by Crippen LogP contribution is 2.54. The van der Waals surface area contributed by atoms with Crippen LogP contribution in [0.1, 0.15) is 42.9 Å². The average Bonchev–Trinajstić information content (AvgIpc) is 2.80. The van der Waals surface area contributed by atoms with E-state index in [0.717, 1.165) is 12.1 Å². The first-order valence-electron chi connectivity index (χ1n) is 6.86. The Morgan fingerprint density at radius 2 is 1.82 bits per heavy atom. The van der Waals surface area contributed by atoms with E-state index in [1.807, 2.05) is 0 Å². The first-order valence-corrected chi connectivity index (χ1v) is 6.86. The molecule has 2 heteroatoms. The second kappa shape index (κ2) is 3.33. The van der Waals surface area contributed by atoms with Gasteiger partial charge in [0.25, 0.3) is 0 Å². The molecule has 2 heterocycles. The van der Waals surface area contributed by atoms with Gasteiger partial charge in [0.15, 0.2) is 0 Å². The van der Waals surface area contributed by atoms with Gasteiger partial charge in [0, 0.05) is 18.1 Å².